The third kappa shape index (κ3) is 2.80. The standard InChI is InChI=1S/C14H13N.C3H6/c1-2-7-13-10-15-14-8-4-3-6-12(14)9-11(13)5-1;1-3-2/h1-8,15H,9-10H2;3H,1H2,2H3. The van der Waals surface area contributed by atoms with Gasteiger partial charge in [-0.1, -0.05) is 48.5 Å². The maximum absolute atomic E-state index is 3.48. The highest BCUT2D eigenvalue weighted by Gasteiger charge is 2.10. The van der Waals surface area contributed by atoms with Gasteiger partial charge in [0.15, 0.2) is 0 Å². The maximum atomic E-state index is 3.48. The summed E-state index contributed by atoms with van der Waals surface area (Å²) in [5.74, 6) is 0. The number of nitrogens with one attached hydrogen (secondary N) is 1. The number of allylic oxidation sites excluding steroid dienone is 1. The molecule has 0 amide bonds. The first kappa shape index (κ1) is 12.4. The van der Waals surface area contributed by atoms with Crippen LogP contribution in [0.1, 0.15) is 23.6 Å². The summed E-state index contributed by atoms with van der Waals surface area (Å²) in [4.78, 5) is 0. The highest BCUT2D eigenvalue weighted by atomic mass is 14.9. The Kier molecular flexibility index (Phi) is 4.19. The van der Waals surface area contributed by atoms with Crippen molar-refractivity contribution in [3.63, 3.8) is 0 Å². The Morgan fingerprint density at radius 3 is 2.22 bits per heavy atom. The van der Waals surface area contributed by atoms with Gasteiger partial charge in [-0.25, -0.2) is 0 Å². The van der Waals surface area contributed by atoms with Gasteiger partial charge in [0.2, 0.25) is 0 Å². The van der Waals surface area contributed by atoms with Crippen molar-refractivity contribution in [1.82, 2.24) is 0 Å². The molecule has 92 valence electrons. The van der Waals surface area contributed by atoms with E-state index >= 15 is 0 Å². The summed E-state index contributed by atoms with van der Waals surface area (Å²) in [6.45, 7) is 6.19. The summed E-state index contributed by atoms with van der Waals surface area (Å²) >= 11 is 0. The van der Waals surface area contributed by atoms with Crippen molar-refractivity contribution >= 4 is 5.69 Å². The second-order valence-electron chi connectivity index (χ2n) is 4.36. The lowest BCUT2D eigenvalue weighted by molar-refractivity contribution is 1.12. The molecule has 1 heterocycles. The molecular formula is C17H19N. The predicted octanol–water partition coefficient (Wildman–Crippen LogP) is 4.40. The molecule has 0 radical (unpaired) electrons. The van der Waals surface area contributed by atoms with E-state index in [9.17, 15) is 0 Å². The van der Waals surface area contributed by atoms with Crippen LogP contribution >= 0.6 is 0 Å². The van der Waals surface area contributed by atoms with Gasteiger partial charge in [-0.15, -0.1) is 6.58 Å². The summed E-state index contributed by atoms with van der Waals surface area (Å²) in [5, 5.41) is 3.48. The van der Waals surface area contributed by atoms with Crippen LogP contribution in [0.3, 0.4) is 0 Å². The van der Waals surface area contributed by atoms with Crippen LogP contribution in [0.2, 0.25) is 0 Å². The minimum absolute atomic E-state index is 0.938. The van der Waals surface area contributed by atoms with Crippen LogP contribution < -0.4 is 5.32 Å². The molecule has 2 aromatic carbocycles. The monoisotopic (exact) mass is 237 g/mol. The summed E-state index contributed by atoms with van der Waals surface area (Å²) in [5.41, 5.74) is 5.51. The molecule has 0 aliphatic carbocycles. The first-order valence-electron chi connectivity index (χ1n) is 6.30. The van der Waals surface area contributed by atoms with Crippen molar-refractivity contribution in [3.8, 4) is 0 Å². The Morgan fingerprint density at radius 1 is 0.944 bits per heavy atom. The number of para-hydroxylation sites is 1. The van der Waals surface area contributed by atoms with Crippen LogP contribution in [0, 0.1) is 0 Å². The zero-order valence-corrected chi connectivity index (χ0v) is 10.8. The molecule has 3 rings (SSSR count). The van der Waals surface area contributed by atoms with Gasteiger partial charge in [-0.3, -0.25) is 0 Å². The molecule has 1 nitrogen and oxygen atoms in total. The molecule has 18 heavy (non-hydrogen) atoms. The normalized spacial score (nSPS) is 11.8. The van der Waals surface area contributed by atoms with Gasteiger partial charge < -0.3 is 5.32 Å². The Bertz CT molecular complexity index is 483. The molecule has 1 heteroatoms. The number of rotatable bonds is 0. The summed E-state index contributed by atoms with van der Waals surface area (Å²) < 4.78 is 0. The average molecular weight is 237 g/mol. The van der Waals surface area contributed by atoms with Gasteiger partial charge in [-0.2, -0.15) is 0 Å². The minimum atomic E-state index is 0.938. The average Bonchev–Trinajstić information content (AvgIpc) is 2.58. The summed E-state index contributed by atoms with van der Waals surface area (Å²) in [6.07, 6.45) is 2.79. The van der Waals surface area contributed by atoms with Crippen LogP contribution in [0.25, 0.3) is 0 Å². The Hall–Kier alpha value is -2.02. The van der Waals surface area contributed by atoms with Gasteiger partial charge in [-0.05, 0) is 36.1 Å². The van der Waals surface area contributed by atoms with Crippen LogP contribution in [-0.4, -0.2) is 0 Å². The molecule has 0 saturated heterocycles. The Morgan fingerprint density at radius 2 is 1.50 bits per heavy atom. The third-order valence-electron chi connectivity index (χ3n) is 2.99. The molecule has 1 N–H and O–H groups in total. The number of hydrogen-bond acceptors (Lipinski definition) is 1. The van der Waals surface area contributed by atoms with E-state index in [1.165, 1.54) is 22.4 Å². The van der Waals surface area contributed by atoms with Gasteiger partial charge >= 0.3 is 0 Å². The number of benzene rings is 2. The van der Waals surface area contributed by atoms with E-state index in [1.807, 2.05) is 6.92 Å². The van der Waals surface area contributed by atoms with E-state index in [2.05, 4.69) is 60.4 Å². The van der Waals surface area contributed by atoms with Crippen molar-refractivity contribution < 1.29 is 0 Å². The van der Waals surface area contributed by atoms with Crippen LogP contribution in [0.4, 0.5) is 5.69 Å². The molecule has 0 saturated carbocycles. The highest BCUT2D eigenvalue weighted by molar-refractivity contribution is 5.55. The lowest BCUT2D eigenvalue weighted by atomic mass is 10.0. The smallest absolute Gasteiger partial charge is 0.0403 e. The van der Waals surface area contributed by atoms with Gasteiger partial charge in [0.1, 0.15) is 0 Å². The molecule has 0 unspecified atom stereocenters. The van der Waals surface area contributed by atoms with Gasteiger partial charge in [0, 0.05) is 12.2 Å². The fourth-order valence-electron chi connectivity index (χ4n) is 2.14. The number of fused-ring (bicyclic) bond motifs is 2. The van der Waals surface area contributed by atoms with Gasteiger partial charge in [0.05, 0.1) is 0 Å². The van der Waals surface area contributed by atoms with E-state index in [0.29, 0.717) is 0 Å². The lowest BCUT2D eigenvalue weighted by Crippen LogP contribution is -1.98. The van der Waals surface area contributed by atoms with Crippen LogP contribution in [-0.2, 0) is 13.0 Å². The zero-order chi connectivity index (χ0) is 12.8. The molecule has 1 aliphatic heterocycles. The van der Waals surface area contributed by atoms with Crippen LogP contribution in [0.5, 0.6) is 0 Å². The molecule has 1 aliphatic rings. The maximum Gasteiger partial charge on any atom is 0.0403 e. The zero-order valence-electron chi connectivity index (χ0n) is 10.8. The number of anilines is 1. The van der Waals surface area contributed by atoms with E-state index in [-0.39, 0.29) is 0 Å². The predicted molar refractivity (Wildman–Crippen MR) is 78.9 cm³/mol. The minimum Gasteiger partial charge on any atom is -0.381 e. The Labute approximate surface area is 109 Å². The lowest BCUT2D eigenvalue weighted by Gasteiger charge is -2.05. The molecule has 0 bridgehead atoms. The topological polar surface area (TPSA) is 12.0 Å². The fourth-order valence-corrected chi connectivity index (χ4v) is 2.14. The van der Waals surface area contributed by atoms with E-state index in [1.54, 1.807) is 6.08 Å². The first-order valence-corrected chi connectivity index (χ1v) is 6.30. The molecule has 2 aromatic rings. The molecular weight excluding hydrogens is 218 g/mol. The number of hydrogen-bond donors (Lipinski definition) is 1. The van der Waals surface area contributed by atoms with Crippen LogP contribution in [0.15, 0.2) is 61.2 Å². The van der Waals surface area contributed by atoms with Crippen molar-refractivity contribution in [2.75, 3.05) is 5.32 Å². The van der Waals surface area contributed by atoms with Crippen molar-refractivity contribution in [3.05, 3.63) is 77.9 Å². The van der Waals surface area contributed by atoms with E-state index in [0.717, 1.165) is 13.0 Å². The molecule has 0 aromatic heterocycles. The molecule has 0 fully saturated rings. The second kappa shape index (κ2) is 6.06. The first-order chi connectivity index (χ1) is 8.85. The van der Waals surface area contributed by atoms with E-state index in [4.69, 9.17) is 0 Å². The largest absolute Gasteiger partial charge is 0.381 e. The van der Waals surface area contributed by atoms with Crippen molar-refractivity contribution in [2.24, 2.45) is 0 Å². The SMILES string of the molecule is C=CC.c1ccc2c(c1)CNc1ccccc1C2. The second-order valence-corrected chi connectivity index (χ2v) is 4.36. The quantitative estimate of drug-likeness (QED) is 0.670. The van der Waals surface area contributed by atoms with Crippen molar-refractivity contribution in [1.29, 1.82) is 0 Å². The summed E-state index contributed by atoms with van der Waals surface area (Å²) in [7, 11) is 0. The van der Waals surface area contributed by atoms with Gasteiger partial charge in [0.25, 0.3) is 0 Å². The van der Waals surface area contributed by atoms with E-state index < -0.39 is 0 Å². The van der Waals surface area contributed by atoms with Crippen molar-refractivity contribution in [2.45, 2.75) is 19.9 Å². The molecule has 0 atom stereocenters. The third-order valence-corrected chi connectivity index (χ3v) is 2.99. The fraction of sp³-hybridized carbons (Fsp3) is 0.176. The highest BCUT2D eigenvalue weighted by Crippen LogP contribution is 2.25. The summed E-state index contributed by atoms with van der Waals surface area (Å²) in [6, 6.07) is 17.2. The Balaban J connectivity index is 0.000000367. The molecule has 0 spiro atoms.